The van der Waals surface area contributed by atoms with Crippen molar-refractivity contribution < 1.29 is 129 Å². The molecule has 96 heavy (non-hydrogen) atoms. The SMILES string of the molecule is CC(=O)OCC(COCCC(=O)NCc1cc(CNC(=O)CCOCC(COC(C)=O)(COC(C)=O)COC(C)=O)cc(C(=O)NCCOCCOCC(=O)NCCOCCOCC(=O)NCCOCCOCC(=O)NCc2ccc(C=O)cc2)c1)(COC(C)=O)COC(C)=O. The molecule has 33 nitrogen and oxygen atoms in total. The maximum atomic E-state index is 13.5. The van der Waals surface area contributed by atoms with Crippen LogP contribution < -0.4 is 31.9 Å². The molecule has 6 amide bonds. The van der Waals surface area contributed by atoms with Crippen LogP contribution in [0.5, 0.6) is 0 Å². The van der Waals surface area contributed by atoms with E-state index in [4.69, 9.17) is 66.3 Å². The van der Waals surface area contributed by atoms with Crippen molar-refractivity contribution >= 4 is 77.5 Å². The summed E-state index contributed by atoms with van der Waals surface area (Å²) in [6.07, 6.45) is 0.387. The number of benzene rings is 2. The minimum Gasteiger partial charge on any atom is -0.465 e. The van der Waals surface area contributed by atoms with Gasteiger partial charge in [-0.15, -0.1) is 0 Å². The Bertz CT molecular complexity index is 2570. The van der Waals surface area contributed by atoms with E-state index in [0.29, 0.717) is 23.2 Å². The number of carbonyl (C=O) groups is 13. The number of nitrogens with one attached hydrogen (secondary N) is 6. The van der Waals surface area contributed by atoms with Crippen LogP contribution in [0.15, 0.2) is 42.5 Å². The molecule has 0 aliphatic carbocycles. The van der Waals surface area contributed by atoms with E-state index >= 15 is 0 Å². The number of amides is 6. The fraction of sp³-hybridized carbons (Fsp3) is 0.603. The fourth-order valence-corrected chi connectivity index (χ4v) is 7.70. The standard InChI is InChI=1S/C63H92N6O27/c1-45(71)91-39-62(40-92-46(2)72,41-93-47(3)73)37-89-16-11-56(77)67-31-53-27-54(32-68-57(78)12-17-90-38-63(42-94-48(4)74,43-95-49(5)75)44-96-50(6)76)29-55(28-53)61(82)66-15-20-85-23-25-87-35-59(80)64-13-18-83-21-24-86-34-58(79)65-14-19-84-22-26-88-36-60(81)69-30-51-7-9-52(33-70)10-8-51/h7-10,27-29,33H,11-26,30-32,34-44H2,1-6H3,(H,64,80)(H,65,79)(H,66,82)(H,67,77)(H,68,78)(H,69,81). The van der Waals surface area contributed by atoms with Gasteiger partial charge in [-0.1, -0.05) is 30.3 Å². The maximum Gasteiger partial charge on any atom is 0.302 e. The first-order valence-electron chi connectivity index (χ1n) is 30.6. The van der Waals surface area contributed by atoms with Gasteiger partial charge in [0.1, 0.15) is 65.7 Å². The van der Waals surface area contributed by atoms with E-state index in [1.54, 1.807) is 30.3 Å². The van der Waals surface area contributed by atoms with Gasteiger partial charge < -0.3 is 98.2 Å². The van der Waals surface area contributed by atoms with Gasteiger partial charge in [0.15, 0.2) is 0 Å². The summed E-state index contributed by atoms with van der Waals surface area (Å²) in [6, 6.07) is 11.6. The van der Waals surface area contributed by atoms with Crippen molar-refractivity contribution in [1.82, 2.24) is 31.9 Å². The Morgan fingerprint density at radius 2 is 0.646 bits per heavy atom. The maximum absolute atomic E-state index is 13.5. The molecule has 2 aromatic rings. The lowest BCUT2D eigenvalue weighted by atomic mass is 9.92. The molecular formula is C63H92N6O27. The van der Waals surface area contributed by atoms with Gasteiger partial charge in [-0.25, -0.2) is 0 Å². The molecule has 0 radical (unpaired) electrons. The van der Waals surface area contributed by atoms with E-state index in [1.165, 1.54) is 53.7 Å². The van der Waals surface area contributed by atoms with Crippen LogP contribution in [0.3, 0.4) is 0 Å². The average molecular weight is 1370 g/mol. The van der Waals surface area contributed by atoms with Crippen LogP contribution in [0.2, 0.25) is 0 Å². The van der Waals surface area contributed by atoms with Gasteiger partial charge in [0.05, 0.1) is 96.7 Å². The first kappa shape index (κ1) is 83.5. The first-order valence-corrected chi connectivity index (χ1v) is 30.6. The van der Waals surface area contributed by atoms with Crippen molar-refractivity contribution in [3.63, 3.8) is 0 Å². The number of hydrogen-bond acceptors (Lipinski definition) is 27. The molecule has 536 valence electrons. The molecule has 0 aliphatic rings. The Hall–Kier alpha value is -8.57. The van der Waals surface area contributed by atoms with Crippen LogP contribution in [0.4, 0.5) is 0 Å². The highest BCUT2D eigenvalue weighted by atomic mass is 16.6. The quantitative estimate of drug-likeness (QED) is 0.0206. The van der Waals surface area contributed by atoms with Gasteiger partial charge in [-0.3, -0.25) is 62.3 Å². The Labute approximate surface area is 556 Å². The van der Waals surface area contributed by atoms with Crippen molar-refractivity contribution in [3.05, 3.63) is 70.3 Å². The Morgan fingerprint density at radius 3 is 0.990 bits per heavy atom. The number of aldehydes is 1. The molecule has 0 unspecified atom stereocenters. The highest BCUT2D eigenvalue weighted by Crippen LogP contribution is 2.23. The highest BCUT2D eigenvalue weighted by Gasteiger charge is 2.37. The number of carbonyl (C=O) groups excluding carboxylic acids is 13. The molecule has 0 bridgehead atoms. The van der Waals surface area contributed by atoms with Crippen molar-refractivity contribution in [2.75, 3.05) is 165 Å². The smallest absolute Gasteiger partial charge is 0.302 e. The van der Waals surface area contributed by atoms with E-state index in [9.17, 15) is 62.3 Å². The average Bonchev–Trinajstić information content (AvgIpc) is 0.949. The Kier molecular flexibility index (Phi) is 43.4. The molecule has 0 aliphatic heterocycles. The molecule has 0 fully saturated rings. The van der Waals surface area contributed by atoms with Crippen LogP contribution in [0.1, 0.15) is 91.8 Å². The van der Waals surface area contributed by atoms with Crippen molar-refractivity contribution in [2.24, 2.45) is 10.8 Å². The van der Waals surface area contributed by atoms with Crippen LogP contribution in [-0.4, -0.2) is 243 Å². The summed E-state index contributed by atoms with van der Waals surface area (Å²) >= 11 is 0. The molecule has 2 aromatic carbocycles. The molecule has 0 atom stereocenters. The highest BCUT2D eigenvalue weighted by molar-refractivity contribution is 5.94. The van der Waals surface area contributed by atoms with Crippen molar-refractivity contribution in [3.8, 4) is 0 Å². The number of esters is 6. The van der Waals surface area contributed by atoms with E-state index in [2.05, 4.69) is 31.9 Å². The topological polar surface area (TPSA) is 423 Å². The summed E-state index contributed by atoms with van der Waals surface area (Å²) in [5.74, 6) is -6.39. The molecule has 0 saturated heterocycles. The molecule has 0 saturated carbocycles. The molecular weight excluding hydrogens is 1270 g/mol. The lowest BCUT2D eigenvalue weighted by Crippen LogP contribution is -2.43. The zero-order valence-corrected chi connectivity index (χ0v) is 55.4. The second kappa shape index (κ2) is 49.9. The summed E-state index contributed by atoms with van der Waals surface area (Å²) in [5.41, 5.74) is -0.0910. The normalized spacial score (nSPS) is 11.1. The lowest BCUT2D eigenvalue weighted by Gasteiger charge is -2.31. The molecule has 0 aromatic heterocycles. The second-order valence-corrected chi connectivity index (χ2v) is 21.5. The van der Waals surface area contributed by atoms with Crippen LogP contribution in [0, 0.1) is 10.8 Å². The zero-order chi connectivity index (χ0) is 70.8. The van der Waals surface area contributed by atoms with Gasteiger partial charge in [-0.05, 0) is 28.8 Å². The fourth-order valence-electron chi connectivity index (χ4n) is 7.70. The Morgan fingerprint density at radius 1 is 0.333 bits per heavy atom. The first-order chi connectivity index (χ1) is 45.9. The summed E-state index contributed by atoms with van der Waals surface area (Å²) in [4.78, 5) is 157. The van der Waals surface area contributed by atoms with Crippen molar-refractivity contribution in [1.29, 1.82) is 0 Å². The van der Waals surface area contributed by atoms with Crippen LogP contribution in [0.25, 0.3) is 0 Å². The summed E-state index contributed by atoms with van der Waals surface area (Å²) in [5, 5.41) is 16.3. The van der Waals surface area contributed by atoms with E-state index in [1.807, 2.05) is 0 Å². The van der Waals surface area contributed by atoms with Crippen LogP contribution >= 0.6 is 0 Å². The van der Waals surface area contributed by atoms with E-state index in [-0.39, 0.29) is 208 Å². The predicted molar refractivity (Wildman–Crippen MR) is 333 cm³/mol. The minimum atomic E-state index is -1.29. The monoisotopic (exact) mass is 1360 g/mol. The van der Waals surface area contributed by atoms with Crippen LogP contribution in [-0.2, 0) is 139 Å². The third kappa shape index (κ3) is 42.7. The van der Waals surface area contributed by atoms with Gasteiger partial charge >= 0.3 is 35.8 Å². The van der Waals surface area contributed by atoms with E-state index < -0.39 is 70.3 Å². The summed E-state index contributed by atoms with van der Waals surface area (Å²) < 4.78 is 74.8. The molecule has 0 spiro atoms. The van der Waals surface area contributed by atoms with Gasteiger partial charge in [-0.2, -0.15) is 0 Å². The number of rotatable bonds is 54. The third-order valence-corrected chi connectivity index (χ3v) is 12.6. The second-order valence-electron chi connectivity index (χ2n) is 21.5. The number of ether oxygens (including phenoxy) is 14. The van der Waals surface area contributed by atoms with Gasteiger partial charge in [0.25, 0.3) is 5.91 Å². The largest absolute Gasteiger partial charge is 0.465 e. The minimum absolute atomic E-state index is 0.0569. The molecule has 33 heteroatoms. The molecule has 2 rings (SSSR count). The summed E-state index contributed by atoms with van der Waals surface area (Å²) in [7, 11) is 0. The summed E-state index contributed by atoms with van der Waals surface area (Å²) in [6.45, 7) is 5.58. The number of hydrogen-bond donors (Lipinski definition) is 6. The molecule has 0 heterocycles. The zero-order valence-electron chi connectivity index (χ0n) is 55.4. The van der Waals surface area contributed by atoms with Gasteiger partial charge in [0, 0.05) is 105 Å². The molecule has 6 N–H and O–H groups in total. The van der Waals surface area contributed by atoms with E-state index in [0.717, 1.165) is 11.8 Å². The predicted octanol–water partition coefficient (Wildman–Crippen LogP) is -0.726. The Balaban J connectivity index is 1.81. The lowest BCUT2D eigenvalue weighted by molar-refractivity contribution is -0.167. The van der Waals surface area contributed by atoms with Crippen molar-refractivity contribution in [2.45, 2.75) is 74.0 Å². The third-order valence-electron chi connectivity index (χ3n) is 12.6. The van der Waals surface area contributed by atoms with Gasteiger partial charge in [0.2, 0.25) is 29.5 Å².